The molecule has 1 heterocycles. The molecule has 190 valence electrons. The fraction of sp³-hybridized carbons (Fsp3) is 0.462. The average molecular weight is 488 g/mol. The number of nitrogens with zero attached hydrogens (tertiary/aromatic N) is 1. The number of hydrogen-bond acceptors (Lipinski definition) is 6. The van der Waals surface area contributed by atoms with E-state index in [1.165, 1.54) is 24.3 Å². The van der Waals surface area contributed by atoms with Crippen molar-refractivity contribution in [2.24, 2.45) is 5.92 Å². The normalized spacial score (nSPS) is 14.4. The van der Waals surface area contributed by atoms with E-state index in [0.717, 1.165) is 18.8 Å². The molecule has 1 saturated heterocycles. The maximum Gasteiger partial charge on any atom is 0.251 e. The molecule has 0 saturated carbocycles. The minimum absolute atomic E-state index is 0.200. The molecule has 2 N–H and O–H groups in total. The topological polar surface area (TPSA) is 89.1 Å². The SMILES string of the molecule is CCOc1cc(N2CCOCC2)c(OCC)cc1NC(=O)C(NC(=O)c1ccc(F)cc1)C(C)C. The van der Waals surface area contributed by atoms with Gasteiger partial charge in [0.15, 0.2) is 0 Å². The van der Waals surface area contributed by atoms with E-state index in [9.17, 15) is 14.0 Å². The lowest BCUT2D eigenvalue weighted by Crippen LogP contribution is -2.47. The summed E-state index contributed by atoms with van der Waals surface area (Å²) in [5, 5.41) is 5.67. The number of rotatable bonds is 10. The Morgan fingerprint density at radius 1 is 1.03 bits per heavy atom. The lowest BCUT2D eigenvalue weighted by atomic mass is 10.0. The molecule has 1 unspecified atom stereocenters. The molecule has 9 heteroatoms. The average Bonchev–Trinajstić information content (AvgIpc) is 2.84. The van der Waals surface area contributed by atoms with Crippen molar-refractivity contribution >= 4 is 23.2 Å². The van der Waals surface area contributed by atoms with E-state index < -0.39 is 23.7 Å². The van der Waals surface area contributed by atoms with Crippen molar-refractivity contribution in [1.82, 2.24) is 5.32 Å². The van der Waals surface area contributed by atoms with Gasteiger partial charge in [0.1, 0.15) is 23.4 Å². The number of hydrogen-bond donors (Lipinski definition) is 2. The van der Waals surface area contributed by atoms with Crippen LogP contribution < -0.4 is 25.0 Å². The van der Waals surface area contributed by atoms with Crippen LogP contribution >= 0.6 is 0 Å². The lowest BCUT2D eigenvalue weighted by Gasteiger charge is -2.31. The fourth-order valence-electron chi connectivity index (χ4n) is 3.82. The van der Waals surface area contributed by atoms with Gasteiger partial charge in [-0.3, -0.25) is 9.59 Å². The van der Waals surface area contributed by atoms with Crippen LogP contribution in [0.1, 0.15) is 38.1 Å². The molecule has 1 atom stereocenters. The number of carbonyl (C=O) groups excluding carboxylic acids is 2. The zero-order chi connectivity index (χ0) is 25.4. The van der Waals surface area contributed by atoms with Crippen LogP contribution in [0.15, 0.2) is 36.4 Å². The predicted molar refractivity (Wildman–Crippen MR) is 133 cm³/mol. The summed E-state index contributed by atoms with van der Waals surface area (Å²) in [5.74, 6) is -0.343. The second-order valence-corrected chi connectivity index (χ2v) is 8.47. The molecule has 1 aliphatic rings. The zero-order valence-corrected chi connectivity index (χ0v) is 20.7. The minimum atomic E-state index is -0.823. The molecule has 0 aliphatic carbocycles. The van der Waals surface area contributed by atoms with E-state index in [1.54, 1.807) is 6.07 Å². The largest absolute Gasteiger partial charge is 0.492 e. The van der Waals surface area contributed by atoms with Crippen molar-refractivity contribution in [3.63, 3.8) is 0 Å². The van der Waals surface area contributed by atoms with Crippen LogP contribution in [-0.4, -0.2) is 57.4 Å². The number of carbonyl (C=O) groups is 2. The Balaban J connectivity index is 1.85. The summed E-state index contributed by atoms with van der Waals surface area (Å²) in [4.78, 5) is 28.1. The van der Waals surface area contributed by atoms with E-state index in [-0.39, 0.29) is 11.5 Å². The van der Waals surface area contributed by atoms with E-state index in [4.69, 9.17) is 14.2 Å². The third kappa shape index (κ3) is 6.85. The molecule has 1 fully saturated rings. The van der Waals surface area contributed by atoms with Gasteiger partial charge in [-0.1, -0.05) is 13.8 Å². The Labute approximate surface area is 205 Å². The molecule has 0 radical (unpaired) electrons. The Kier molecular flexibility index (Phi) is 9.31. The van der Waals surface area contributed by atoms with Crippen LogP contribution in [0.3, 0.4) is 0 Å². The van der Waals surface area contributed by atoms with E-state index in [1.807, 2.05) is 33.8 Å². The van der Waals surface area contributed by atoms with Crippen LogP contribution in [0.4, 0.5) is 15.8 Å². The van der Waals surface area contributed by atoms with Crippen molar-refractivity contribution in [3.05, 3.63) is 47.8 Å². The van der Waals surface area contributed by atoms with E-state index in [2.05, 4.69) is 15.5 Å². The van der Waals surface area contributed by atoms with Crippen LogP contribution in [0, 0.1) is 11.7 Å². The Morgan fingerprint density at radius 2 is 1.66 bits per heavy atom. The van der Waals surface area contributed by atoms with Gasteiger partial charge in [-0.2, -0.15) is 0 Å². The Bertz CT molecular complexity index is 1010. The molecule has 8 nitrogen and oxygen atoms in total. The predicted octanol–water partition coefficient (Wildman–Crippen LogP) is 3.85. The van der Waals surface area contributed by atoms with Gasteiger partial charge in [-0.15, -0.1) is 0 Å². The number of nitrogens with one attached hydrogen (secondary N) is 2. The van der Waals surface area contributed by atoms with Crippen LogP contribution in [0.2, 0.25) is 0 Å². The molecular weight excluding hydrogens is 453 g/mol. The first kappa shape index (κ1) is 26.3. The van der Waals surface area contributed by atoms with Crippen molar-refractivity contribution in [2.45, 2.75) is 33.7 Å². The summed E-state index contributed by atoms with van der Waals surface area (Å²) in [6, 6.07) is 7.99. The monoisotopic (exact) mass is 487 g/mol. The molecule has 3 rings (SSSR count). The van der Waals surface area contributed by atoms with Crippen LogP contribution in [-0.2, 0) is 9.53 Å². The van der Waals surface area contributed by atoms with Gasteiger partial charge in [0, 0.05) is 30.8 Å². The van der Waals surface area contributed by atoms with Gasteiger partial charge in [0.05, 0.1) is 37.8 Å². The maximum atomic E-state index is 13.3. The second-order valence-electron chi connectivity index (χ2n) is 8.47. The molecule has 0 bridgehead atoms. The minimum Gasteiger partial charge on any atom is -0.492 e. The van der Waals surface area contributed by atoms with Gasteiger partial charge < -0.3 is 29.7 Å². The molecule has 35 heavy (non-hydrogen) atoms. The second kappa shape index (κ2) is 12.4. The smallest absolute Gasteiger partial charge is 0.251 e. The zero-order valence-electron chi connectivity index (χ0n) is 20.7. The van der Waals surface area contributed by atoms with Gasteiger partial charge in [0.2, 0.25) is 5.91 Å². The molecule has 2 aromatic carbocycles. The van der Waals surface area contributed by atoms with Crippen LogP contribution in [0.5, 0.6) is 11.5 Å². The number of amides is 2. The van der Waals surface area contributed by atoms with Gasteiger partial charge in [-0.25, -0.2) is 4.39 Å². The van der Waals surface area contributed by atoms with Crippen molar-refractivity contribution in [3.8, 4) is 11.5 Å². The van der Waals surface area contributed by atoms with Gasteiger partial charge in [-0.05, 0) is 44.0 Å². The standard InChI is InChI=1S/C26H34FN3O5/c1-5-34-22-16-21(30-11-13-33-14-12-30)23(35-6-2)15-20(22)28-26(32)24(17(3)4)29-25(31)18-7-9-19(27)10-8-18/h7-10,15-17,24H,5-6,11-14H2,1-4H3,(H,28,32)(H,29,31). The molecule has 2 amide bonds. The summed E-state index contributed by atoms with van der Waals surface area (Å²) in [5.41, 5.74) is 1.61. The first-order valence-corrected chi connectivity index (χ1v) is 12.0. The number of halogens is 1. The third-order valence-electron chi connectivity index (χ3n) is 5.61. The molecule has 2 aromatic rings. The van der Waals surface area contributed by atoms with Crippen molar-refractivity contribution < 1.29 is 28.2 Å². The summed E-state index contributed by atoms with van der Waals surface area (Å²) in [7, 11) is 0. The van der Waals surface area contributed by atoms with Crippen LogP contribution in [0.25, 0.3) is 0 Å². The Morgan fingerprint density at radius 3 is 2.26 bits per heavy atom. The number of anilines is 2. The number of ether oxygens (including phenoxy) is 3. The molecular formula is C26H34FN3O5. The number of benzene rings is 2. The maximum absolute atomic E-state index is 13.3. The highest BCUT2D eigenvalue weighted by atomic mass is 19.1. The van der Waals surface area contributed by atoms with E-state index >= 15 is 0 Å². The molecule has 0 aromatic heterocycles. The quantitative estimate of drug-likeness (QED) is 0.529. The summed E-state index contributed by atoms with van der Waals surface area (Å²) in [6.07, 6.45) is 0. The van der Waals surface area contributed by atoms with E-state index in [0.29, 0.717) is 43.6 Å². The molecule has 1 aliphatic heterocycles. The first-order valence-electron chi connectivity index (χ1n) is 12.0. The highest BCUT2D eigenvalue weighted by molar-refractivity contribution is 6.02. The van der Waals surface area contributed by atoms with Gasteiger partial charge in [0.25, 0.3) is 5.91 Å². The van der Waals surface area contributed by atoms with Crippen molar-refractivity contribution in [2.75, 3.05) is 49.7 Å². The lowest BCUT2D eigenvalue weighted by molar-refractivity contribution is -0.118. The summed E-state index contributed by atoms with van der Waals surface area (Å²) < 4.78 is 30.4. The first-order chi connectivity index (χ1) is 16.8. The number of morpholine rings is 1. The van der Waals surface area contributed by atoms with Crippen molar-refractivity contribution in [1.29, 1.82) is 0 Å². The summed E-state index contributed by atoms with van der Waals surface area (Å²) in [6.45, 7) is 11.0. The van der Waals surface area contributed by atoms with Gasteiger partial charge >= 0.3 is 0 Å². The Hall–Kier alpha value is -3.33. The highest BCUT2D eigenvalue weighted by Crippen LogP contribution is 2.39. The summed E-state index contributed by atoms with van der Waals surface area (Å²) >= 11 is 0. The highest BCUT2D eigenvalue weighted by Gasteiger charge is 2.27. The third-order valence-corrected chi connectivity index (χ3v) is 5.61. The fourth-order valence-corrected chi connectivity index (χ4v) is 3.82. The molecule has 0 spiro atoms.